The first kappa shape index (κ1) is 21.9. The summed E-state index contributed by atoms with van der Waals surface area (Å²) in [5, 5.41) is 45.2. The SMILES string of the molecule is C=C(C)[C@]12CC[C@@]34O[C@](c5ccccc5)(O[C@@H]1C3[C@@H]1O[C@]1(CO)[C@@H](O)[C@@]1(O)C4C[C@H](C)[C@@H]1O)O2. The van der Waals surface area contributed by atoms with E-state index in [1.165, 1.54) is 0 Å². The van der Waals surface area contributed by atoms with E-state index in [2.05, 4.69) is 6.58 Å². The van der Waals surface area contributed by atoms with Crippen LogP contribution in [0.4, 0.5) is 0 Å². The van der Waals surface area contributed by atoms with Crippen LogP contribution in [-0.4, -0.2) is 73.9 Å². The normalized spacial score (nSPS) is 58.6. The quantitative estimate of drug-likeness (QED) is 0.379. The number of aliphatic hydroxyl groups is 4. The van der Waals surface area contributed by atoms with Crippen molar-refractivity contribution < 1.29 is 39.4 Å². The summed E-state index contributed by atoms with van der Waals surface area (Å²) in [6, 6.07) is 9.47. The molecule has 1 aromatic rings. The number of ether oxygens (including phenoxy) is 4. The lowest BCUT2D eigenvalue weighted by molar-refractivity contribution is -0.437. The monoisotopic (exact) mass is 472 g/mol. The molecule has 3 aliphatic carbocycles. The largest absolute Gasteiger partial charge is 0.393 e. The van der Waals surface area contributed by atoms with E-state index in [0.717, 1.165) is 5.57 Å². The predicted molar refractivity (Wildman–Crippen MR) is 117 cm³/mol. The van der Waals surface area contributed by atoms with Crippen molar-refractivity contribution in [2.45, 2.75) is 85.9 Å². The zero-order valence-corrected chi connectivity index (χ0v) is 19.4. The third-order valence-electron chi connectivity index (χ3n) is 10.0. The molecule has 4 N–H and O–H groups in total. The third-order valence-corrected chi connectivity index (χ3v) is 10.0. The summed E-state index contributed by atoms with van der Waals surface area (Å²) in [5.41, 5.74) is -3.65. The highest BCUT2D eigenvalue weighted by Crippen LogP contribution is 2.73. The van der Waals surface area contributed by atoms with E-state index < -0.39 is 71.2 Å². The van der Waals surface area contributed by atoms with Gasteiger partial charge in [0.25, 0.3) is 0 Å². The van der Waals surface area contributed by atoms with Crippen LogP contribution in [0, 0.1) is 17.8 Å². The molecule has 8 nitrogen and oxygen atoms in total. The van der Waals surface area contributed by atoms with Gasteiger partial charge in [-0.05, 0) is 37.7 Å². The molecule has 6 aliphatic rings. The number of epoxide rings is 1. The first-order valence-electron chi connectivity index (χ1n) is 12.3. The summed E-state index contributed by atoms with van der Waals surface area (Å²) in [7, 11) is 0. The molecule has 3 bridgehead atoms. The fourth-order valence-electron chi connectivity index (χ4n) is 8.32. The molecule has 34 heavy (non-hydrogen) atoms. The van der Waals surface area contributed by atoms with E-state index in [1.807, 2.05) is 44.2 Å². The Morgan fingerprint density at radius 3 is 2.50 bits per heavy atom. The molecule has 3 saturated carbocycles. The number of hydrogen-bond acceptors (Lipinski definition) is 8. The average molecular weight is 473 g/mol. The molecule has 184 valence electrons. The second kappa shape index (κ2) is 6.30. The Bertz CT molecular complexity index is 1060. The fraction of sp³-hybridized carbons (Fsp3) is 0.692. The van der Waals surface area contributed by atoms with Crippen LogP contribution in [0.25, 0.3) is 0 Å². The van der Waals surface area contributed by atoms with Gasteiger partial charge in [0.1, 0.15) is 35.1 Å². The van der Waals surface area contributed by atoms with Crippen molar-refractivity contribution in [3.63, 3.8) is 0 Å². The Morgan fingerprint density at radius 2 is 1.82 bits per heavy atom. The first-order chi connectivity index (χ1) is 16.1. The number of fused-ring (bicyclic) bond motifs is 3. The summed E-state index contributed by atoms with van der Waals surface area (Å²) in [5.74, 6) is -2.84. The number of aliphatic hydroxyl groups excluding tert-OH is 3. The zero-order valence-electron chi connectivity index (χ0n) is 19.4. The molecule has 8 heteroatoms. The van der Waals surface area contributed by atoms with Crippen LogP contribution in [0.3, 0.4) is 0 Å². The summed E-state index contributed by atoms with van der Waals surface area (Å²) in [6.45, 7) is 7.56. The van der Waals surface area contributed by atoms with Crippen LogP contribution in [0.5, 0.6) is 0 Å². The highest BCUT2D eigenvalue weighted by atomic mass is 16.9. The Balaban J connectivity index is 1.48. The van der Waals surface area contributed by atoms with Gasteiger partial charge in [0.05, 0.1) is 18.3 Å². The molecule has 0 spiro atoms. The molecule has 3 saturated heterocycles. The van der Waals surface area contributed by atoms with Crippen LogP contribution < -0.4 is 0 Å². The summed E-state index contributed by atoms with van der Waals surface area (Å²) >= 11 is 0. The Kier molecular flexibility index (Phi) is 4.06. The molecular weight excluding hydrogens is 440 g/mol. The molecule has 2 unspecified atom stereocenters. The van der Waals surface area contributed by atoms with Crippen LogP contribution in [0.2, 0.25) is 0 Å². The Morgan fingerprint density at radius 1 is 1.09 bits per heavy atom. The van der Waals surface area contributed by atoms with E-state index in [0.29, 0.717) is 24.8 Å². The second-order valence-corrected chi connectivity index (χ2v) is 11.5. The lowest BCUT2D eigenvalue weighted by atomic mass is 9.58. The van der Waals surface area contributed by atoms with Crippen molar-refractivity contribution in [2.24, 2.45) is 17.8 Å². The Hall–Kier alpha value is -1.36. The number of benzene rings is 1. The minimum Gasteiger partial charge on any atom is -0.393 e. The topological polar surface area (TPSA) is 121 Å². The van der Waals surface area contributed by atoms with Gasteiger partial charge in [0.15, 0.2) is 0 Å². The van der Waals surface area contributed by atoms with Crippen LogP contribution in [-0.2, 0) is 24.9 Å². The molecule has 12 atom stereocenters. The van der Waals surface area contributed by atoms with Crippen molar-refractivity contribution in [2.75, 3.05) is 6.61 Å². The lowest BCUT2D eigenvalue weighted by Gasteiger charge is -2.57. The highest BCUT2D eigenvalue weighted by molar-refractivity contribution is 5.37. The van der Waals surface area contributed by atoms with Crippen molar-refractivity contribution in [3.05, 3.63) is 48.0 Å². The summed E-state index contributed by atoms with van der Waals surface area (Å²) < 4.78 is 26.5. The zero-order chi connectivity index (χ0) is 23.9. The molecule has 0 radical (unpaired) electrons. The molecule has 3 aliphatic heterocycles. The molecule has 6 fully saturated rings. The maximum atomic E-state index is 12.1. The van der Waals surface area contributed by atoms with E-state index >= 15 is 0 Å². The van der Waals surface area contributed by atoms with Gasteiger partial charge in [-0.25, -0.2) is 0 Å². The number of rotatable bonds is 3. The van der Waals surface area contributed by atoms with Gasteiger partial charge in [0, 0.05) is 17.4 Å². The lowest BCUT2D eigenvalue weighted by Crippen LogP contribution is -2.69. The van der Waals surface area contributed by atoms with Crippen molar-refractivity contribution in [1.82, 2.24) is 0 Å². The van der Waals surface area contributed by atoms with Gasteiger partial charge in [0.2, 0.25) is 0 Å². The van der Waals surface area contributed by atoms with Gasteiger partial charge in [-0.15, -0.1) is 0 Å². The highest BCUT2D eigenvalue weighted by Gasteiger charge is 2.87. The average Bonchev–Trinajstić information content (AvgIpc) is 3.47. The Labute approximate surface area is 198 Å². The standard InChI is InChI=1S/C26H32O8/c1-13(2)22-9-10-23-16-11-14(3)18(28)25(16,30)21(29)24(12-27)20(31-24)17(23)19(22)32-26(33-22,34-23)15-7-5-4-6-8-15/h4-8,14,16-21,27-30H,1,9-12H2,2-3H3/t14-,16?,17?,18-,19+,20-,21+,22+,23-,24-,25+,26+/m0/s1. The third kappa shape index (κ3) is 2.12. The minimum absolute atomic E-state index is 0.281. The summed E-state index contributed by atoms with van der Waals surface area (Å²) in [6.07, 6.45) is -2.28. The van der Waals surface area contributed by atoms with Crippen LogP contribution >= 0.6 is 0 Å². The minimum atomic E-state index is -1.91. The maximum Gasteiger partial charge on any atom is 0.313 e. The van der Waals surface area contributed by atoms with Gasteiger partial charge in [-0.3, -0.25) is 0 Å². The molecule has 7 rings (SSSR count). The van der Waals surface area contributed by atoms with Gasteiger partial charge >= 0.3 is 5.97 Å². The van der Waals surface area contributed by atoms with E-state index in [1.54, 1.807) is 0 Å². The molecular formula is C26H32O8. The molecule has 0 aromatic heterocycles. The predicted octanol–water partition coefficient (Wildman–Crippen LogP) is 0.959. The van der Waals surface area contributed by atoms with Gasteiger partial charge in [-0.1, -0.05) is 43.8 Å². The summed E-state index contributed by atoms with van der Waals surface area (Å²) in [4.78, 5) is 0. The maximum absolute atomic E-state index is 12.1. The van der Waals surface area contributed by atoms with Gasteiger partial charge < -0.3 is 39.4 Å². The van der Waals surface area contributed by atoms with E-state index in [4.69, 9.17) is 18.9 Å². The van der Waals surface area contributed by atoms with Crippen molar-refractivity contribution >= 4 is 0 Å². The van der Waals surface area contributed by atoms with E-state index in [9.17, 15) is 20.4 Å². The second-order valence-electron chi connectivity index (χ2n) is 11.5. The fourth-order valence-corrected chi connectivity index (χ4v) is 8.32. The smallest absolute Gasteiger partial charge is 0.313 e. The van der Waals surface area contributed by atoms with Crippen molar-refractivity contribution in [1.29, 1.82) is 0 Å². The van der Waals surface area contributed by atoms with Crippen LogP contribution in [0.15, 0.2) is 42.5 Å². The first-order valence-corrected chi connectivity index (χ1v) is 12.3. The van der Waals surface area contributed by atoms with Crippen molar-refractivity contribution in [3.8, 4) is 0 Å². The van der Waals surface area contributed by atoms with E-state index in [-0.39, 0.29) is 5.92 Å². The van der Waals surface area contributed by atoms with Gasteiger partial charge in [-0.2, -0.15) is 0 Å². The molecule has 3 heterocycles. The van der Waals surface area contributed by atoms with Crippen LogP contribution in [0.1, 0.15) is 38.7 Å². The molecule has 0 amide bonds. The molecule has 1 aromatic carbocycles. The number of hydrogen-bond donors (Lipinski definition) is 4.